The Kier molecular flexibility index (Phi) is 1.88. The maximum atomic E-state index is 5.26. The zero-order chi connectivity index (χ0) is 11.3. The summed E-state index contributed by atoms with van der Waals surface area (Å²) < 4.78 is 2.64. The van der Waals surface area contributed by atoms with Crippen molar-refractivity contribution in [2.24, 2.45) is 0 Å². The topological polar surface area (TPSA) is 33.1 Å². The molecule has 1 aromatic carbocycles. The van der Waals surface area contributed by atoms with Gasteiger partial charge in [-0.2, -0.15) is 5.10 Å². The number of para-hydroxylation sites is 1. The van der Waals surface area contributed by atoms with Gasteiger partial charge in [-0.1, -0.05) is 18.2 Å². The van der Waals surface area contributed by atoms with Crippen molar-refractivity contribution in [1.82, 2.24) is 14.6 Å². The molecule has 0 amide bonds. The standard InChI is InChI=1S/C12H11N3S/c1-7-4-3-5-9-8(2)6-10-13-14-12(16)15(10)11(7)9/h3-6H,1-2H3,(H,14,16). The lowest BCUT2D eigenvalue weighted by Gasteiger charge is -2.07. The van der Waals surface area contributed by atoms with Gasteiger partial charge >= 0.3 is 0 Å². The Bertz CT molecular complexity index is 752. The van der Waals surface area contributed by atoms with Crippen molar-refractivity contribution in [3.8, 4) is 0 Å². The molecule has 0 radical (unpaired) electrons. The number of hydrogen-bond acceptors (Lipinski definition) is 2. The van der Waals surface area contributed by atoms with Crippen LogP contribution in [0.5, 0.6) is 0 Å². The number of H-pyrrole nitrogens is 1. The van der Waals surface area contributed by atoms with Gasteiger partial charge in [0, 0.05) is 5.39 Å². The molecule has 0 atom stereocenters. The molecule has 3 rings (SSSR count). The molecule has 0 aliphatic rings. The monoisotopic (exact) mass is 229 g/mol. The number of aryl methyl sites for hydroxylation is 2. The molecule has 3 aromatic rings. The van der Waals surface area contributed by atoms with Crippen LogP contribution in [-0.2, 0) is 0 Å². The van der Waals surface area contributed by atoms with E-state index in [1.165, 1.54) is 16.5 Å². The highest BCUT2D eigenvalue weighted by Gasteiger charge is 2.07. The predicted molar refractivity (Wildman–Crippen MR) is 67.4 cm³/mol. The molecular formula is C12H11N3S. The molecule has 4 heteroatoms. The van der Waals surface area contributed by atoms with E-state index >= 15 is 0 Å². The number of pyridine rings is 1. The Morgan fingerprint density at radius 2 is 2.06 bits per heavy atom. The first-order valence-electron chi connectivity index (χ1n) is 5.14. The molecular weight excluding hydrogens is 218 g/mol. The van der Waals surface area contributed by atoms with E-state index in [-0.39, 0.29) is 0 Å². The first kappa shape index (κ1) is 9.54. The minimum atomic E-state index is 0.648. The summed E-state index contributed by atoms with van der Waals surface area (Å²) in [7, 11) is 0. The summed E-state index contributed by atoms with van der Waals surface area (Å²) in [6.07, 6.45) is 0. The quantitative estimate of drug-likeness (QED) is 0.601. The van der Waals surface area contributed by atoms with E-state index in [9.17, 15) is 0 Å². The maximum absolute atomic E-state index is 5.26. The van der Waals surface area contributed by atoms with Crippen LogP contribution in [0.15, 0.2) is 24.3 Å². The zero-order valence-corrected chi connectivity index (χ0v) is 9.93. The molecule has 0 saturated heterocycles. The SMILES string of the molecule is Cc1cc2n[nH]c(=S)n2c2c(C)cccc12. The van der Waals surface area contributed by atoms with E-state index in [1.54, 1.807) is 0 Å². The third-order valence-electron chi connectivity index (χ3n) is 2.93. The zero-order valence-electron chi connectivity index (χ0n) is 9.11. The van der Waals surface area contributed by atoms with Crippen LogP contribution in [0, 0.1) is 18.6 Å². The summed E-state index contributed by atoms with van der Waals surface area (Å²) >= 11 is 5.26. The van der Waals surface area contributed by atoms with Crippen LogP contribution < -0.4 is 0 Å². The molecule has 0 bridgehead atoms. The second kappa shape index (κ2) is 3.15. The highest BCUT2D eigenvalue weighted by molar-refractivity contribution is 7.71. The lowest BCUT2D eigenvalue weighted by atomic mass is 10.1. The van der Waals surface area contributed by atoms with Crippen molar-refractivity contribution in [1.29, 1.82) is 0 Å². The van der Waals surface area contributed by atoms with Crippen LogP contribution in [0.4, 0.5) is 0 Å². The van der Waals surface area contributed by atoms with Crippen molar-refractivity contribution in [3.63, 3.8) is 0 Å². The summed E-state index contributed by atoms with van der Waals surface area (Å²) in [6.45, 7) is 4.19. The summed E-state index contributed by atoms with van der Waals surface area (Å²) in [5.41, 5.74) is 4.46. The molecule has 0 aliphatic heterocycles. The Morgan fingerprint density at radius 1 is 1.25 bits per heavy atom. The largest absolute Gasteiger partial charge is 0.268 e. The van der Waals surface area contributed by atoms with E-state index in [2.05, 4.69) is 42.2 Å². The van der Waals surface area contributed by atoms with Crippen LogP contribution in [0.2, 0.25) is 0 Å². The predicted octanol–water partition coefficient (Wildman–Crippen LogP) is 3.16. The van der Waals surface area contributed by atoms with Gasteiger partial charge in [-0.15, -0.1) is 0 Å². The van der Waals surface area contributed by atoms with Gasteiger partial charge in [-0.3, -0.25) is 9.50 Å². The maximum Gasteiger partial charge on any atom is 0.200 e. The minimum Gasteiger partial charge on any atom is -0.268 e. The molecule has 2 aromatic heterocycles. The fourth-order valence-corrected chi connectivity index (χ4v) is 2.40. The number of rotatable bonds is 0. The molecule has 80 valence electrons. The Labute approximate surface area is 97.7 Å². The van der Waals surface area contributed by atoms with Crippen molar-refractivity contribution in [3.05, 3.63) is 40.2 Å². The van der Waals surface area contributed by atoms with Crippen LogP contribution in [0.25, 0.3) is 16.6 Å². The fraction of sp³-hybridized carbons (Fsp3) is 0.167. The number of aromatic nitrogens is 3. The lowest BCUT2D eigenvalue weighted by Crippen LogP contribution is -1.93. The second-order valence-electron chi connectivity index (χ2n) is 4.02. The van der Waals surface area contributed by atoms with E-state index < -0.39 is 0 Å². The number of aromatic amines is 1. The molecule has 0 fully saturated rings. The minimum absolute atomic E-state index is 0.648. The second-order valence-corrected chi connectivity index (χ2v) is 4.41. The average Bonchev–Trinajstić information content (AvgIpc) is 2.61. The van der Waals surface area contributed by atoms with Gasteiger partial charge < -0.3 is 0 Å². The highest BCUT2D eigenvalue weighted by atomic mass is 32.1. The van der Waals surface area contributed by atoms with Crippen molar-refractivity contribution >= 4 is 28.8 Å². The fourth-order valence-electron chi connectivity index (χ4n) is 2.17. The van der Waals surface area contributed by atoms with Gasteiger partial charge in [-0.25, -0.2) is 0 Å². The van der Waals surface area contributed by atoms with Crippen LogP contribution in [0.1, 0.15) is 11.1 Å². The van der Waals surface area contributed by atoms with Gasteiger partial charge in [0.1, 0.15) is 0 Å². The third kappa shape index (κ3) is 1.13. The van der Waals surface area contributed by atoms with Gasteiger partial charge in [0.2, 0.25) is 0 Å². The smallest absolute Gasteiger partial charge is 0.200 e. The van der Waals surface area contributed by atoms with Gasteiger partial charge in [0.15, 0.2) is 10.4 Å². The average molecular weight is 229 g/mol. The first-order valence-corrected chi connectivity index (χ1v) is 5.55. The molecule has 0 aliphatic carbocycles. The van der Waals surface area contributed by atoms with Crippen LogP contribution in [0.3, 0.4) is 0 Å². The molecule has 3 nitrogen and oxygen atoms in total. The molecule has 1 N–H and O–H groups in total. The molecule has 0 spiro atoms. The molecule has 16 heavy (non-hydrogen) atoms. The van der Waals surface area contributed by atoms with E-state index in [0.717, 1.165) is 11.2 Å². The van der Waals surface area contributed by atoms with Crippen molar-refractivity contribution in [2.45, 2.75) is 13.8 Å². The van der Waals surface area contributed by atoms with Crippen LogP contribution >= 0.6 is 12.2 Å². The highest BCUT2D eigenvalue weighted by Crippen LogP contribution is 2.23. The van der Waals surface area contributed by atoms with Crippen molar-refractivity contribution < 1.29 is 0 Å². The Balaban J connectivity index is 2.76. The number of benzene rings is 1. The molecule has 0 saturated carbocycles. The first-order chi connectivity index (χ1) is 7.68. The van der Waals surface area contributed by atoms with Gasteiger partial charge in [-0.05, 0) is 43.3 Å². The summed E-state index contributed by atoms with van der Waals surface area (Å²) in [6, 6.07) is 8.33. The van der Waals surface area contributed by atoms with Gasteiger partial charge in [0.05, 0.1) is 5.52 Å². The summed E-state index contributed by atoms with van der Waals surface area (Å²) in [4.78, 5) is 0. The number of fused-ring (bicyclic) bond motifs is 3. The third-order valence-corrected chi connectivity index (χ3v) is 3.20. The normalized spacial score (nSPS) is 11.4. The number of nitrogens with zero attached hydrogens (tertiary/aromatic N) is 2. The molecule has 2 heterocycles. The van der Waals surface area contributed by atoms with Crippen molar-refractivity contribution in [2.75, 3.05) is 0 Å². The van der Waals surface area contributed by atoms with E-state index in [1.807, 2.05) is 10.5 Å². The lowest BCUT2D eigenvalue weighted by molar-refractivity contribution is 1.08. The van der Waals surface area contributed by atoms with E-state index in [0.29, 0.717) is 4.77 Å². The number of hydrogen-bond donors (Lipinski definition) is 1. The Morgan fingerprint density at radius 3 is 2.88 bits per heavy atom. The number of nitrogens with one attached hydrogen (secondary N) is 1. The summed E-state index contributed by atoms with van der Waals surface area (Å²) in [5.74, 6) is 0. The van der Waals surface area contributed by atoms with Crippen LogP contribution in [-0.4, -0.2) is 14.6 Å². The van der Waals surface area contributed by atoms with Gasteiger partial charge in [0.25, 0.3) is 0 Å². The molecule has 0 unspecified atom stereocenters. The summed E-state index contributed by atoms with van der Waals surface area (Å²) in [5, 5.41) is 8.28. The van der Waals surface area contributed by atoms with E-state index in [4.69, 9.17) is 12.2 Å². The Hall–Kier alpha value is -1.68.